The van der Waals surface area contributed by atoms with Gasteiger partial charge in [-0.15, -0.1) is 0 Å². The zero-order valence-electron chi connectivity index (χ0n) is 19.2. The van der Waals surface area contributed by atoms with E-state index in [4.69, 9.17) is 4.98 Å². The maximum atomic E-state index is 15.9. The number of aryl methyl sites for hydroxylation is 1. The van der Waals surface area contributed by atoms with Gasteiger partial charge in [0.05, 0.1) is 40.5 Å². The summed E-state index contributed by atoms with van der Waals surface area (Å²) in [6.45, 7) is 5.97. The van der Waals surface area contributed by atoms with Crippen LogP contribution in [0.3, 0.4) is 0 Å². The van der Waals surface area contributed by atoms with Gasteiger partial charge in [-0.05, 0) is 32.9 Å². The average Bonchev–Trinajstić information content (AvgIpc) is 3.56. The van der Waals surface area contributed by atoms with E-state index < -0.39 is 5.82 Å². The number of aromatic nitrogens is 9. The average molecular weight is 469 g/mol. The molecule has 6 heterocycles. The van der Waals surface area contributed by atoms with Gasteiger partial charge in [0.1, 0.15) is 16.9 Å². The molecule has 6 aromatic heterocycles. The summed E-state index contributed by atoms with van der Waals surface area (Å²) in [6, 6.07) is 3.89. The van der Waals surface area contributed by atoms with Crippen molar-refractivity contribution in [1.82, 2.24) is 44.7 Å². The Morgan fingerprint density at radius 2 is 1.97 bits per heavy atom. The maximum Gasteiger partial charge on any atom is 0.161 e. The summed E-state index contributed by atoms with van der Waals surface area (Å²) in [5.74, 6) is -0.110. The first-order chi connectivity index (χ1) is 17.0. The van der Waals surface area contributed by atoms with Crippen LogP contribution < -0.4 is 5.32 Å². The summed E-state index contributed by atoms with van der Waals surface area (Å²) in [7, 11) is 0. The topological polar surface area (TPSA) is 126 Å². The van der Waals surface area contributed by atoms with Crippen LogP contribution >= 0.6 is 0 Å². The molecule has 0 fully saturated rings. The minimum absolute atomic E-state index is 0.184. The lowest BCUT2D eigenvalue weighted by atomic mass is 10.1. The van der Waals surface area contributed by atoms with Crippen LogP contribution in [0.5, 0.6) is 0 Å². The Hall–Kier alpha value is -4.67. The fourth-order valence-electron chi connectivity index (χ4n) is 4.10. The van der Waals surface area contributed by atoms with Gasteiger partial charge >= 0.3 is 0 Å². The van der Waals surface area contributed by atoms with E-state index in [9.17, 15) is 0 Å². The molecule has 0 aliphatic rings. The van der Waals surface area contributed by atoms with E-state index in [1.807, 2.05) is 43.7 Å². The van der Waals surface area contributed by atoms with Crippen molar-refractivity contribution in [2.75, 3.05) is 5.32 Å². The number of fused-ring (bicyclic) bond motifs is 2. The highest BCUT2D eigenvalue weighted by molar-refractivity contribution is 5.95. The van der Waals surface area contributed by atoms with Gasteiger partial charge in [0.2, 0.25) is 0 Å². The van der Waals surface area contributed by atoms with Crippen LogP contribution in [0.15, 0.2) is 49.4 Å². The molecule has 0 saturated carbocycles. The van der Waals surface area contributed by atoms with Crippen molar-refractivity contribution in [2.24, 2.45) is 0 Å². The Labute approximate surface area is 198 Å². The third-order valence-corrected chi connectivity index (χ3v) is 5.59. The fourth-order valence-corrected chi connectivity index (χ4v) is 4.10. The van der Waals surface area contributed by atoms with Crippen molar-refractivity contribution in [3.05, 3.63) is 61.0 Å². The van der Waals surface area contributed by atoms with E-state index in [0.717, 1.165) is 17.1 Å². The molecule has 0 spiro atoms. The number of rotatable bonds is 5. The third-order valence-electron chi connectivity index (χ3n) is 5.59. The van der Waals surface area contributed by atoms with Gasteiger partial charge in [-0.1, -0.05) is 0 Å². The Morgan fingerprint density at radius 3 is 2.77 bits per heavy atom. The first-order valence-corrected chi connectivity index (χ1v) is 11.1. The Bertz CT molecular complexity index is 1690. The lowest BCUT2D eigenvalue weighted by molar-refractivity contribution is 0.638. The van der Waals surface area contributed by atoms with Crippen LogP contribution in [-0.2, 0) is 0 Å². The first kappa shape index (κ1) is 20.9. The second-order valence-corrected chi connectivity index (χ2v) is 8.58. The minimum atomic E-state index is -0.506. The number of aromatic amines is 2. The summed E-state index contributed by atoms with van der Waals surface area (Å²) < 4.78 is 17.8. The molecule has 0 radical (unpaired) electrons. The molecule has 0 atom stereocenters. The minimum Gasteiger partial charge on any atom is -0.382 e. The molecule has 0 saturated heterocycles. The molecule has 10 nitrogen and oxygen atoms in total. The number of pyridine rings is 3. The second-order valence-electron chi connectivity index (χ2n) is 8.58. The summed E-state index contributed by atoms with van der Waals surface area (Å²) in [5.41, 5.74) is 5.22. The number of imidazole rings is 2. The SMILES string of the molecule is Cc1cn(-c2ccnc3[nH]c(-c4n[nH]c5cnc(-c6cncc(NC(C)C)c6)c(F)c45)nc23)cn1. The van der Waals surface area contributed by atoms with Gasteiger partial charge in [-0.25, -0.2) is 19.3 Å². The molecular formula is C24H21FN10. The van der Waals surface area contributed by atoms with E-state index >= 15 is 4.39 Å². The monoisotopic (exact) mass is 468 g/mol. The normalized spacial score (nSPS) is 11.7. The Kier molecular flexibility index (Phi) is 4.76. The van der Waals surface area contributed by atoms with Crippen LogP contribution in [0.2, 0.25) is 0 Å². The molecule has 6 aromatic rings. The molecule has 0 aliphatic carbocycles. The highest BCUT2D eigenvalue weighted by Gasteiger charge is 2.21. The van der Waals surface area contributed by atoms with Crippen LogP contribution in [-0.4, -0.2) is 50.7 Å². The summed E-state index contributed by atoms with van der Waals surface area (Å²) in [5, 5.41) is 10.8. The Morgan fingerprint density at radius 1 is 1.09 bits per heavy atom. The molecule has 0 bridgehead atoms. The molecule has 0 amide bonds. The van der Waals surface area contributed by atoms with E-state index in [0.29, 0.717) is 33.8 Å². The van der Waals surface area contributed by atoms with Crippen molar-refractivity contribution >= 4 is 27.8 Å². The molecule has 3 N–H and O–H groups in total. The summed E-state index contributed by atoms with van der Waals surface area (Å²) in [4.78, 5) is 25.2. The fraction of sp³-hybridized carbons (Fsp3) is 0.167. The van der Waals surface area contributed by atoms with Crippen LogP contribution in [0.4, 0.5) is 10.1 Å². The lowest BCUT2D eigenvalue weighted by Crippen LogP contribution is -2.09. The van der Waals surface area contributed by atoms with Crippen molar-refractivity contribution in [1.29, 1.82) is 0 Å². The molecule has 11 heteroatoms. The highest BCUT2D eigenvalue weighted by Crippen LogP contribution is 2.33. The van der Waals surface area contributed by atoms with Gasteiger partial charge in [0.25, 0.3) is 0 Å². The molecular weight excluding hydrogens is 447 g/mol. The van der Waals surface area contributed by atoms with Crippen LogP contribution in [0, 0.1) is 12.7 Å². The Balaban J connectivity index is 1.49. The van der Waals surface area contributed by atoms with Gasteiger partial charge in [-0.2, -0.15) is 5.10 Å². The van der Waals surface area contributed by atoms with E-state index in [-0.39, 0.29) is 17.1 Å². The number of nitrogens with zero attached hydrogens (tertiary/aromatic N) is 7. The van der Waals surface area contributed by atoms with E-state index in [2.05, 4.69) is 40.4 Å². The van der Waals surface area contributed by atoms with Crippen molar-refractivity contribution in [3.8, 4) is 28.5 Å². The molecule has 174 valence electrons. The standard InChI is InChI=1S/C24H21FN10/c1-12(2)30-15-6-14(7-26-8-15)20-19(25)18-16(9-28-20)33-34-22(18)24-31-21-17(4-5-27-23(21)32-24)35-10-13(3)29-11-35/h4-12,30H,1-3H3,(H,33,34)(H,27,31,32). The number of halogens is 1. The van der Waals surface area contributed by atoms with Crippen molar-refractivity contribution in [3.63, 3.8) is 0 Å². The summed E-state index contributed by atoms with van der Waals surface area (Å²) in [6.07, 6.45) is 10.2. The maximum absolute atomic E-state index is 15.9. The summed E-state index contributed by atoms with van der Waals surface area (Å²) >= 11 is 0. The number of anilines is 1. The molecule has 35 heavy (non-hydrogen) atoms. The van der Waals surface area contributed by atoms with Gasteiger partial charge in [0, 0.05) is 36.4 Å². The predicted molar refractivity (Wildman–Crippen MR) is 131 cm³/mol. The van der Waals surface area contributed by atoms with Crippen LogP contribution in [0.25, 0.3) is 50.5 Å². The number of hydrogen-bond donors (Lipinski definition) is 3. The quantitative estimate of drug-likeness (QED) is 0.342. The first-order valence-electron chi connectivity index (χ1n) is 11.1. The zero-order valence-corrected chi connectivity index (χ0v) is 19.2. The van der Waals surface area contributed by atoms with Crippen LogP contribution in [0.1, 0.15) is 19.5 Å². The highest BCUT2D eigenvalue weighted by atomic mass is 19.1. The van der Waals surface area contributed by atoms with Crippen molar-refractivity contribution in [2.45, 2.75) is 26.8 Å². The van der Waals surface area contributed by atoms with Gasteiger partial charge < -0.3 is 14.9 Å². The number of hydrogen-bond acceptors (Lipinski definition) is 7. The third kappa shape index (κ3) is 3.57. The molecule has 0 aliphatic heterocycles. The van der Waals surface area contributed by atoms with Gasteiger partial charge in [-0.3, -0.25) is 15.1 Å². The van der Waals surface area contributed by atoms with E-state index in [1.54, 1.807) is 31.1 Å². The van der Waals surface area contributed by atoms with E-state index in [1.165, 1.54) is 0 Å². The molecule has 0 unspecified atom stereocenters. The second kappa shape index (κ2) is 7.97. The largest absolute Gasteiger partial charge is 0.382 e. The van der Waals surface area contributed by atoms with Crippen molar-refractivity contribution < 1.29 is 4.39 Å². The zero-order chi connectivity index (χ0) is 24.1. The smallest absolute Gasteiger partial charge is 0.161 e. The number of H-pyrrole nitrogens is 2. The number of nitrogens with one attached hydrogen (secondary N) is 3. The molecule has 6 rings (SSSR count). The lowest BCUT2D eigenvalue weighted by Gasteiger charge is -2.11. The molecule has 0 aromatic carbocycles. The predicted octanol–water partition coefficient (Wildman–Crippen LogP) is 4.41. The van der Waals surface area contributed by atoms with Gasteiger partial charge in [0.15, 0.2) is 17.3 Å².